The van der Waals surface area contributed by atoms with Gasteiger partial charge in [-0.1, -0.05) is 31.5 Å². The molecule has 1 heterocycles. The minimum Gasteiger partial charge on any atom is -0.384 e. The van der Waals surface area contributed by atoms with Gasteiger partial charge in [0.05, 0.1) is 0 Å². The Morgan fingerprint density at radius 1 is 1.33 bits per heavy atom. The highest BCUT2D eigenvalue weighted by Crippen LogP contribution is 2.39. The van der Waals surface area contributed by atoms with Gasteiger partial charge in [-0.25, -0.2) is 0 Å². The van der Waals surface area contributed by atoms with E-state index in [4.69, 9.17) is 0 Å². The lowest BCUT2D eigenvalue weighted by Crippen LogP contribution is -2.37. The van der Waals surface area contributed by atoms with Crippen molar-refractivity contribution in [1.82, 2.24) is 5.32 Å². The molecule has 18 heavy (non-hydrogen) atoms. The number of hydrogen-bond acceptors (Lipinski definition) is 2. The highest BCUT2D eigenvalue weighted by Gasteiger charge is 2.30. The second kappa shape index (κ2) is 5.50. The Bertz CT molecular complexity index is 413. The van der Waals surface area contributed by atoms with Crippen LogP contribution in [-0.4, -0.2) is 13.1 Å². The van der Waals surface area contributed by atoms with Crippen LogP contribution in [0.3, 0.4) is 0 Å². The fourth-order valence-electron chi connectivity index (χ4n) is 3.01. The molecule has 1 aromatic carbocycles. The summed E-state index contributed by atoms with van der Waals surface area (Å²) < 4.78 is 0. The second-order valence-corrected chi connectivity index (χ2v) is 5.90. The normalized spacial score (nSPS) is 19.4. The van der Waals surface area contributed by atoms with E-state index >= 15 is 0 Å². The zero-order valence-corrected chi connectivity index (χ0v) is 11.9. The number of para-hydroxylation sites is 1. The summed E-state index contributed by atoms with van der Waals surface area (Å²) >= 11 is 0. The molecule has 0 aromatic heterocycles. The van der Waals surface area contributed by atoms with Crippen LogP contribution >= 0.6 is 12.4 Å². The van der Waals surface area contributed by atoms with Gasteiger partial charge in [-0.3, -0.25) is 0 Å². The lowest BCUT2D eigenvalue weighted by Gasteiger charge is -2.38. The first-order valence-electron chi connectivity index (χ1n) is 6.82. The first-order valence-corrected chi connectivity index (χ1v) is 6.82. The number of rotatable bonds is 4. The molecule has 0 unspecified atom stereocenters. The van der Waals surface area contributed by atoms with E-state index in [-0.39, 0.29) is 12.4 Å². The molecular formula is C15H23ClN2. The van der Waals surface area contributed by atoms with E-state index in [2.05, 4.69) is 35.8 Å². The van der Waals surface area contributed by atoms with Gasteiger partial charge in [-0.05, 0) is 35.8 Å². The lowest BCUT2D eigenvalue weighted by molar-refractivity contribution is 0.156. The molecule has 0 saturated heterocycles. The van der Waals surface area contributed by atoms with E-state index in [1.807, 2.05) is 0 Å². The van der Waals surface area contributed by atoms with Crippen LogP contribution in [0, 0.1) is 5.41 Å². The molecule has 0 bridgehead atoms. The van der Waals surface area contributed by atoms with Crippen LogP contribution in [0.5, 0.6) is 0 Å². The lowest BCUT2D eigenvalue weighted by atomic mass is 9.70. The molecule has 2 nitrogen and oxygen atoms in total. The summed E-state index contributed by atoms with van der Waals surface area (Å²) in [5, 5.41) is 7.14. The summed E-state index contributed by atoms with van der Waals surface area (Å²) in [6, 6.07) is 6.67. The quantitative estimate of drug-likeness (QED) is 0.873. The fraction of sp³-hybridized carbons (Fsp3) is 0.600. The van der Waals surface area contributed by atoms with Gasteiger partial charge in [0.25, 0.3) is 0 Å². The Kier molecular flexibility index (Phi) is 4.18. The van der Waals surface area contributed by atoms with Crippen LogP contribution in [0.1, 0.15) is 37.3 Å². The van der Waals surface area contributed by atoms with Gasteiger partial charge in [0.1, 0.15) is 0 Å². The summed E-state index contributed by atoms with van der Waals surface area (Å²) in [6.45, 7) is 5.67. The van der Waals surface area contributed by atoms with Gasteiger partial charge in [0.15, 0.2) is 0 Å². The van der Waals surface area contributed by atoms with Gasteiger partial charge >= 0.3 is 0 Å². The van der Waals surface area contributed by atoms with Crippen LogP contribution in [0.2, 0.25) is 0 Å². The van der Waals surface area contributed by atoms with Gasteiger partial charge in [-0.15, -0.1) is 12.4 Å². The summed E-state index contributed by atoms with van der Waals surface area (Å²) in [6.07, 6.45) is 5.39. The molecule has 0 atom stereocenters. The molecule has 100 valence electrons. The van der Waals surface area contributed by atoms with Crippen LogP contribution in [0.4, 0.5) is 5.69 Å². The molecule has 2 aliphatic rings. The van der Waals surface area contributed by atoms with Crippen molar-refractivity contribution >= 4 is 18.1 Å². The highest BCUT2D eigenvalue weighted by atomic mass is 35.5. The SMILES string of the molecule is CC1(CNCc2cccc3c2NCC3)CCC1.Cl. The van der Waals surface area contributed by atoms with Crippen molar-refractivity contribution in [2.45, 2.75) is 39.2 Å². The predicted octanol–water partition coefficient (Wildman–Crippen LogP) is 3.36. The fourth-order valence-corrected chi connectivity index (χ4v) is 3.01. The Morgan fingerprint density at radius 2 is 2.17 bits per heavy atom. The molecule has 1 saturated carbocycles. The van der Waals surface area contributed by atoms with Gasteiger partial charge < -0.3 is 10.6 Å². The van der Waals surface area contributed by atoms with E-state index in [1.165, 1.54) is 42.5 Å². The predicted molar refractivity (Wildman–Crippen MR) is 79.5 cm³/mol. The van der Waals surface area contributed by atoms with Crippen molar-refractivity contribution in [1.29, 1.82) is 0 Å². The third kappa shape index (κ3) is 2.65. The molecule has 1 aliphatic heterocycles. The zero-order chi connectivity index (χ0) is 11.7. The van der Waals surface area contributed by atoms with E-state index in [0.717, 1.165) is 19.6 Å². The first kappa shape index (κ1) is 13.7. The van der Waals surface area contributed by atoms with Gasteiger partial charge in [-0.2, -0.15) is 0 Å². The highest BCUT2D eigenvalue weighted by molar-refractivity contribution is 5.85. The Hall–Kier alpha value is -0.730. The number of halogens is 1. The first-order chi connectivity index (χ1) is 8.27. The van der Waals surface area contributed by atoms with Crippen molar-refractivity contribution in [3.63, 3.8) is 0 Å². The Morgan fingerprint density at radius 3 is 2.89 bits per heavy atom. The van der Waals surface area contributed by atoms with Crippen molar-refractivity contribution < 1.29 is 0 Å². The monoisotopic (exact) mass is 266 g/mol. The van der Waals surface area contributed by atoms with E-state index < -0.39 is 0 Å². The molecule has 3 heteroatoms. The molecule has 3 rings (SSSR count). The number of nitrogens with one attached hydrogen (secondary N) is 2. The summed E-state index contributed by atoms with van der Waals surface area (Å²) in [4.78, 5) is 0. The number of hydrogen-bond donors (Lipinski definition) is 2. The van der Waals surface area contributed by atoms with Crippen molar-refractivity contribution in [3.05, 3.63) is 29.3 Å². The van der Waals surface area contributed by atoms with Crippen LogP contribution < -0.4 is 10.6 Å². The van der Waals surface area contributed by atoms with Gasteiger partial charge in [0, 0.05) is 25.3 Å². The third-order valence-corrected chi connectivity index (χ3v) is 4.36. The van der Waals surface area contributed by atoms with Crippen LogP contribution in [-0.2, 0) is 13.0 Å². The molecule has 1 aliphatic carbocycles. The largest absolute Gasteiger partial charge is 0.384 e. The van der Waals surface area contributed by atoms with Crippen molar-refractivity contribution in [2.24, 2.45) is 5.41 Å². The average molecular weight is 267 g/mol. The molecular weight excluding hydrogens is 244 g/mol. The minimum atomic E-state index is 0. The Labute approximate surface area is 116 Å². The minimum absolute atomic E-state index is 0. The average Bonchev–Trinajstić information content (AvgIpc) is 2.75. The van der Waals surface area contributed by atoms with E-state index in [9.17, 15) is 0 Å². The van der Waals surface area contributed by atoms with Crippen LogP contribution in [0.15, 0.2) is 18.2 Å². The van der Waals surface area contributed by atoms with Crippen molar-refractivity contribution in [3.8, 4) is 0 Å². The molecule has 2 N–H and O–H groups in total. The summed E-state index contributed by atoms with van der Waals surface area (Å²) in [5.74, 6) is 0. The maximum absolute atomic E-state index is 3.63. The number of anilines is 1. The molecule has 0 amide bonds. The van der Waals surface area contributed by atoms with Gasteiger partial charge in [0.2, 0.25) is 0 Å². The Balaban J connectivity index is 0.00000120. The summed E-state index contributed by atoms with van der Waals surface area (Å²) in [5.41, 5.74) is 4.88. The standard InChI is InChI=1S/C15H22N2.ClH/c1-15(7-3-8-15)11-16-10-13-5-2-4-12-6-9-17-14(12)13;/h2,4-5,16-17H,3,6-11H2,1H3;1H. The molecule has 0 spiro atoms. The summed E-state index contributed by atoms with van der Waals surface area (Å²) in [7, 11) is 0. The van der Waals surface area contributed by atoms with E-state index in [0.29, 0.717) is 5.41 Å². The van der Waals surface area contributed by atoms with Crippen molar-refractivity contribution in [2.75, 3.05) is 18.4 Å². The topological polar surface area (TPSA) is 24.1 Å². The molecule has 1 fully saturated rings. The number of benzene rings is 1. The maximum Gasteiger partial charge on any atom is 0.0419 e. The number of fused-ring (bicyclic) bond motifs is 1. The maximum atomic E-state index is 3.63. The molecule has 0 radical (unpaired) electrons. The third-order valence-electron chi connectivity index (χ3n) is 4.36. The zero-order valence-electron chi connectivity index (χ0n) is 11.1. The van der Waals surface area contributed by atoms with Crippen LogP contribution in [0.25, 0.3) is 0 Å². The van der Waals surface area contributed by atoms with E-state index in [1.54, 1.807) is 0 Å². The molecule has 1 aromatic rings. The second-order valence-electron chi connectivity index (χ2n) is 5.90. The smallest absolute Gasteiger partial charge is 0.0419 e.